The smallest absolute Gasteiger partial charge is 0.188 e. The Bertz CT molecular complexity index is 464. The third kappa shape index (κ3) is 2.67. The maximum absolute atomic E-state index is 13.1. The Morgan fingerprint density at radius 2 is 2.20 bits per heavy atom. The summed E-state index contributed by atoms with van der Waals surface area (Å²) >= 11 is 7.05. The van der Waals surface area contributed by atoms with Crippen LogP contribution in [0.3, 0.4) is 0 Å². The van der Waals surface area contributed by atoms with E-state index in [9.17, 15) is 4.39 Å². The number of nitrogens with zero attached hydrogens (tertiary/aromatic N) is 1. The Morgan fingerprint density at radius 3 is 2.80 bits per heavy atom. The molecule has 5 heteroatoms. The first kappa shape index (κ1) is 10.4. The average Bonchev–Trinajstić information content (AvgIpc) is 2.49. The first-order chi connectivity index (χ1) is 7.13. The summed E-state index contributed by atoms with van der Waals surface area (Å²) in [6.45, 7) is 1.84. The van der Waals surface area contributed by atoms with Gasteiger partial charge in [-0.2, -0.15) is 0 Å². The predicted octanol–water partition coefficient (Wildman–Crippen LogP) is 3.99. The second kappa shape index (κ2) is 4.16. The molecule has 0 spiro atoms. The number of nitrogens with one attached hydrogen (secondary N) is 1. The Morgan fingerprint density at radius 1 is 1.40 bits per heavy atom. The van der Waals surface area contributed by atoms with Gasteiger partial charge in [-0.25, -0.2) is 9.37 Å². The predicted molar refractivity (Wildman–Crippen MR) is 61.5 cm³/mol. The second-order valence-corrected chi connectivity index (χ2v) is 4.36. The number of aryl methyl sites for hydroxylation is 1. The van der Waals surface area contributed by atoms with Crippen LogP contribution in [-0.4, -0.2) is 4.98 Å². The Balaban J connectivity index is 2.24. The number of rotatable bonds is 2. The number of halogens is 2. The van der Waals surface area contributed by atoms with Gasteiger partial charge in [0.05, 0.1) is 0 Å². The van der Waals surface area contributed by atoms with Crippen molar-refractivity contribution in [3.8, 4) is 0 Å². The van der Waals surface area contributed by atoms with Gasteiger partial charge in [-0.1, -0.05) is 11.6 Å². The van der Waals surface area contributed by atoms with Crippen LogP contribution in [0.15, 0.2) is 23.6 Å². The highest BCUT2D eigenvalue weighted by Gasteiger charge is 2.02. The first-order valence-corrected chi connectivity index (χ1v) is 5.54. The molecule has 2 rings (SSSR count). The van der Waals surface area contributed by atoms with E-state index in [0.717, 1.165) is 5.56 Å². The standard InChI is InChI=1S/C10H8ClFN2S/c1-6-2-7(12)4-8(3-6)13-10-14-9(11)5-15-10/h2-5H,1H3,(H,13,14). The second-order valence-electron chi connectivity index (χ2n) is 3.12. The minimum absolute atomic E-state index is 0.264. The molecule has 1 aromatic carbocycles. The molecule has 0 aliphatic rings. The molecule has 78 valence electrons. The highest BCUT2D eigenvalue weighted by molar-refractivity contribution is 7.14. The molecule has 1 aromatic heterocycles. The Hall–Kier alpha value is -1.13. The monoisotopic (exact) mass is 242 g/mol. The van der Waals surface area contributed by atoms with Crippen molar-refractivity contribution in [2.24, 2.45) is 0 Å². The van der Waals surface area contributed by atoms with Crippen LogP contribution >= 0.6 is 22.9 Å². The van der Waals surface area contributed by atoms with E-state index in [1.165, 1.54) is 23.5 Å². The summed E-state index contributed by atoms with van der Waals surface area (Å²) in [6, 6.07) is 4.74. The summed E-state index contributed by atoms with van der Waals surface area (Å²) in [4.78, 5) is 4.02. The zero-order valence-corrected chi connectivity index (χ0v) is 9.49. The molecule has 0 amide bonds. The average molecular weight is 243 g/mol. The van der Waals surface area contributed by atoms with E-state index in [2.05, 4.69) is 10.3 Å². The molecule has 0 unspecified atom stereocenters. The zero-order chi connectivity index (χ0) is 10.8. The molecule has 0 radical (unpaired) electrons. The van der Waals surface area contributed by atoms with Gasteiger partial charge in [0.25, 0.3) is 0 Å². The molecule has 0 aliphatic heterocycles. The summed E-state index contributed by atoms with van der Waals surface area (Å²) in [7, 11) is 0. The molecule has 0 saturated heterocycles. The van der Waals surface area contributed by atoms with Crippen molar-refractivity contribution < 1.29 is 4.39 Å². The largest absolute Gasteiger partial charge is 0.331 e. The minimum Gasteiger partial charge on any atom is -0.331 e. The van der Waals surface area contributed by atoms with Crippen molar-refractivity contribution in [1.82, 2.24) is 4.98 Å². The molecule has 0 bridgehead atoms. The molecule has 0 atom stereocenters. The van der Waals surface area contributed by atoms with Crippen LogP contribution in [0.2, 0.25) is 5.15 Å². The third-order valence-corrected chi connectivity index (χ3v) is 2.85. The van der Waals surface area contributed by atoms with Crippen molar-refractivity contribution in [1.29, 1.82) is 0 Å². The fourth-order valence-corrected chi connectivity index (χ4v) is 2.10. The van der Waals surface area contributed by atoms with E-state index in [1.54, 1.807) is 5.38 Å². The van der Waals surface area contributed by atoms with Gasteiger partial charge in [0.2, 0.25) is 0 Å². The molecular weight excluding hydrogens is 235 g/mol. The lowest BCUT2D eigenvalue weighted by atomic mass is 10.2. The van der Waals surface area contributed by atoms with Crippen LogP contribution in [0.25, 0.3) is 0 Å². The fraction of sp³-hybridized carbons (Fsp3) is 0.100. The quantitative estimate of drug-likeness (QED) is 0.861. The Kier molecular flexibility index (Phi) is 2.88. The van der Waals surface area contributed by atoms with E-state index < -0.39 is 0 Å². The van der Waals surface area contributed by atoms with Gasteiger partial charge in [0, 0.05) is 11.1 Å². The van der Waals surface area contributed by atoms with Gasteiger partial charge < -0.3 is 5.32 Å². The SMILES string of the molecule is Cc1cc(F)cc(Nc2nc(Cl)cs2)c1. The van der Waals surface area contributed by atoms with E-state index >= 15 is 0 Å². The van der Waals surface area contributed by atoms with Crippen LogP contribution in [0.1, 0.15) is 5.56 Å². The normalized spacial score (nSPS) is 10.3. The van der Waals surface area contributed by atoms with Gasteiger partial charge in [-0.05, 0) is 30.7 Å². The van der Waals surface area contributed by atoms with Crippen LogP contribution in [0.5, 0.6) is 0 Å². The van der Waals surface area contributed by atoms with Crippen molar-refractivity contribution in [3.05, 3.63) is 40.1 Å². The van der Waals surface area contributed by atoms with E-state index in [-0.39, 0.29) is 5.82 Å². The number of thiazole rings is 1. The Labute approximate surface area is 95.7 Å². The number of benzene rings is 1. The van der Waals surface area contributed by atoms with Gasteiger partial charge in [0.1, 0.15) is 11.0 Å². The maximum Gasteiger partial charge on any atom is 0.188 e. The van der Waals surface area contributed by atoms with Gasteiger partial charge in [-0.3, -0.25) is 0 Å². The van der Waals surface area contributed by atoms with Crippen molar-refractivity contribution in [2.75, 3.05) is 5.32 Å². The van der Waals surface area contributed by atoms with Gasteiger partial charge in [-0.15, -0.1) is 11.3 Å². The summed E-state index contributed by atoms with van der Waals surface area (Å²) in [5.74, 6) is -0.264. The summed E-state index contributed by atoms with van der Waals surface area (Å²) in [5, 5.41) is 5.81. The molecule has 2 nitrogen and oxygen atoms in total. The van der Waals surface area contributed by atoms with Crippen molar-refractivity contribution in [3.63, 3.8) is 0 Å². The van der Waals surface area contributed by atoms with Crippen molar-refractivity contribution >= 4 is 33.8 Å². The fourth-order valence-electron chi connectivity index (χ4n) is 1.24. The lowest BCUT2D eigenvalue weighted by Crippen LogP contribution is -1.91. The zero-order valence-electron chi connectivity index (χ0n) is 7.92. The van der Waals surface area contributed by atoms with E-state index in [1.807, 2.05) is 13.0 Å². The number of hydrogen-bond donors (Lipinski definition) is 1. The highest BCUT2D eigenvalue weighted by atomic mass is 35.5. The molecular formula is C10H8ClFN2S. The lowest BCUT2D eigenvalue weighted by Gasteiger charge is -2.03. The molecule has 1 heterocycles. The van der Waals surface area contributed by atoms with Crippen LogP contribution < -0.4 is 5.32 Å². The van der Waals surface area contributed by atoms with E-state index in [4.69, 9.17) is 11.6 Å². The summed E-state index contributed by atoms with van der Waals surface area (Å²) in [5.41, 5.74) is 1.54. The van der Waals surface area contributed by atoms with Crippen LogP contribution in [0.4, 0.5) is 15.2 Å². The molecule has 2 aromatic rings. The highest BCUT2D eigenvalue weighted by Crippen LogP contribution is 2.24. The van der Waals surface area contributed by atoms with Gasteiger partial charge >= 0.3 is 0 Å². The van der Waals surface area contributed by atoms with Crippen LogP contribution in [-0.2, 0) is 0 Å². The summed E-state index contributed by atoms with van der Waals surface area (Å²) < 4.78 is 13.1. The summed E-state index contributed by atoms with van der Waals surface area (Å²) in [6.07, 6.45) is 0. The van der Waals surface area contributed by atoms with Gasteiger partial charge in [0.15, 0.2) is 5.13 Å². The molecule has 0 aliphatic carbocycles. The van der Waals surface area contributed by atoms with E-state index in [0.29, 0.717) is 16.0 Å². The molecule has 15 heavy (non-hydrogen) atoms. The lowest BCUT2D eigenvalue weighted by molar-refractivity contribution is 0.627. The number of aromatic nitrogens is 1. The number of hydrogen-bond acceptors (Lipinski definition) is 3. The molecule has 0 saturated carbocycles. The molecule has 1 N–H and O–H groups in total. The van der Waals surface area contributed by atoms with Crippen molar-refractivity contribution in [2.45, 2.75) is 6.92 Å². The van der Waals surface area contributed by atoms with Crippen LogP contribution in [0, 0.1) is 12.7 Å². The third-order valence-electron chi connectivity index (χ3n) is 1.77. The first-order valence-electron chi connectivity index (χ1n) is 4.29. The maximum atomic E-state index is 13.1. The minimum atomic E-state index is -0.264. The topological polar surface area (TPSA) is 24.9 Å². The molecule has 0 fully saturated rings. The number of anilines is 2.